The van der Waals surface area contributed by atoms with Crippen LogP contribution in [-0.2, 0) is 12.8 Å². The fraction of sp³-hybridized carbons (Fsp3) is 0.282. The molecule has 0 bridgehead atoms. The van der Waals surface area contributed by atoms with E-state index in [-0.39, 0.29) is 0 Å². The molecule has 0 N–H and O–H groups in total. The van der Waals surface area contributed by atoms with Gasteiger partial charge in [-0.3, -0.25) is 0 Å². The van der Waals surface area contributed by atoms with E-state index in [1.54, 1.807) is 0 Å². The summed E-state index contributed by atoms with van der Waals surface area (Å²) in [5, 5.41) is 0. The quantitative estimate of drug-likeness (QED) is 0.257. The molecule has 8 rings (SSSR count). The fourth-order valence-corrected chi connectivity index (χ4v) is 8.11. The van der Waals surface area contributed by atoms with Gasteiger partial charge in [0.05, 0.1) is 0 Å². The minimum atomic E-state index is 0.448. The van der Waals surface area contributed by atoms with Crippen molar-refractivity contribution in [3.05, 3.63) is 129 Å². The predicted molar refractivity (Wildman–Crippen MR) is 174 cm³/mol. The van der Waals surface area contributed by atoms with Crippen molar-refractivity contribution in [1.82, 2.24) is 0 Å². The second-order valence-electron chi connectivity index (χ2n) is 12.4. The lowest BCUT2D eigenvalue weighted by atomic mass is 9.82. The van der Waals surface area contributed by atoms with Gasteiger partial charge in [0.25, 0.3) is 0 Å². The van der Waals surface area contributed by atoms with Crippen LogP contribution < -0.4 is 9.80 Å². The van der Waals surface area contributed by atoms with Gasteiger partial charge < -0.3 is 9.80 Å². The van der Waals surface area contributed by atoms with Crippen LogP contribution in [0.1, 0.15) is 78.3 Å². The molecule has 4 aromatic carbocycles. The first-order valence-electron chi connectivity index (χ1n) is 15.5. The van der Waals surface area contributed by atoms with E-state index >= 15 is 0 Å². The summed E-state index contributed by atoms with van der Waals surface area (Å²) in [5.41, 5.74) is 17.4. The van der Waals surface area contributed by atoms with Crippen LogP contribution in [0.15, 0.2) is 96.1 Å². The Morgan fingerprint density at radius 3 is 1.46 bits per heavy atom. The zero-order valence-electron chi connectivity index (χ0n) is 24.2. The Hall–Kier alpha value is -4.04. The van der Waals surface area contributed by atoms with Crippen LogP contribution in [0.2, 0.25) is 0 Å². The molecule has 2 heterocycles. The third kappa shape index (κ3) is 3.99. The molecule has 2 unspecified atom stereocenters. The van der Waals surface area contributed by atoms with Crippen molar-refractivity contribution in [2.75, 3.05) is 22.9 Å². The van der Waals surface area contributed by atoms with Gasteiger partial charge >= 0.3 is 0 Å². The molecule has 0 fully saturated rings. The van der Waals surface area contributed by atoms with Crippen molar-refractivity contribution in [3.63, 3.8) is 0 Å². The van der Waals surface area contributed by atoms with Crippen LogP contribution in [-0.4, -0.2) is 13.1 Å². The van der Waals surface area contributed by atoms with Gasteiger partial charge in [-0.15, -0.1) is 0 Å². The molecule has 0 saturated carbocycles. The van der Waals surface area contributed by atoms with Crippen molar-refractivity contribution < 1.29 is 0 Å². The Bertz CT molecular complexity index is 1600. The predicted octanol–water partition coefficient (Wildman–Crippen LogP) is 9.95. The minimum absolute atomic E-state index is 0.448. The van der Waals surface area contributed by atoms with Crippen molar-refractivity contribution >= 4 is 34.9 Å². The molecule has 2 atom stereocenters. The molecular weight excluding hydrogens is 496 g/mol. The van der Waals surface area contributed by atoms with Crippen LogP contribution in [0.4, 0.5) is 22.7 Å². The van der Waals surface area contributed by atoms with Crippen LogP contribution in [0.25, 0.3) is 12.2 Å². The molecule has 4 aliphatic rings. The molecule has 0 aromatic heterocycles. The Balaban J connectivity index is 1.13. The molecule has 41 heavy (non-hydrogen) atoms. The van der Waals surface area contributed by atoms with Gasteiger partial charge in [0.15, 0.2) is 0 Å². The van der Waals surface area contributed by atoms with Crippen LogP contribution in [0, 0.1) is 0 Å². The Kier molecular flexibility index (Phi) is 5.91. The number of allylic oxidation sites excluding steroid dienone is 2. The number of hydrogen-bond acceptors (Lipinski definition) is 2. The van der Waals surface area contributed by atoms with E-state index in [2.05, 4.69) is 121 Å². The van der Waals surface area contributed by atoms with Gasteiger partial charge in [-0.1, -0.05) is 84.0 Å². The smallest absolute Gasteiger partial charge is 0.0487 e. The molecule has 0 saturated heterocycles. The molecule has 2 nitrogen and oxygen atoms in total. The average molecular weight is 535 g/mol. The molecule has 2 aliphatic heterocycles. The normalized spacial score (nSPS) is 20.6. The number of hydrogen-bond donors (Lipinski definition) is 0. The van der Waals surface area contributed by atoms with Gasteiger partial charge in [-0.05, 0) is 92.5 Å². The van der Waals surface area contributed by atoms with E-state index in [1.807, 2.05) is 0 Å². The lowest BCUT2D eigenvalue weighted by molar-refractivity contribution is 0.642. The summed E-state index contributed by atoms with van der Waals surface area (Å²) < 4.78 is 0. The first kappa shape index (κ1) is 24.7. The monoisotopic (exact) mass is 534 g/mol. The largest absolute Gasteiger partial charge is 0.341 e. The number of aryl methyl sites for hydroxylation is 2. The van der Waals surface area contributed by atoms with E-state index < -0.39 is 0 Å². The molecule has 204 valence electrons. The van der Waals surface area contributed by atoms with E-state index in [4.69, 9.17) is 0 Å². The van der Waals surface area contributed by atoms with E-state index in [1.165, 1.54) is 93.0 Å². The highest BCUT2D eigenvalue weighted by atomic mass is 15.1. The van der Waals surface area contributed by atoms with Crippen LogP contribution in [0.3, 0.4) is 0 Å². The topological polar surface area (TPSA) is 6.48 Å². The number of nitrogens with zero attached hydrogens (tertiary/aromatic N) is 2. The zero-order chi connectivity index (χ0) is 27.5. The second kappa shape index (κ2) is 9.80. The minimum Gasteiger partial charge on any atom is -0.341 e. The molecule has 0 radical (unpaired) electrons. The number of rotatable bonds is 4. The lowest BCUT2D eigenvalue weighted by Crippen LogP contribution is -2.25. The maximum Gasteiger partial charge on any atom is 0.0487 e. The van der Waals surface area contributed by atoms with Crippen LogP contribution in [0.5, 0.6) is 0 Å². The Morgan fingerprint density at radius 1 is 0.537 bits per heavy atom. The molecule has 4 aromatic rings. The lowest BCUT2D eigenvalue weighted by Gasteiger charge is -2.33. The number of fused-ring (bicyclic) bond motifs is 4. The number of anilines is 4. The average Bonchev–Trinajstić information content (AvgIpc) is 3.51. The van der Waals surface area contributed by atoms with Crippen molar-refractivity contribution in [2.45, 2.75) is 57.8 Å². The maximum absolute atomic E-state index is 2.57. The summed E-state index contributed by atoms with van der Waals surface area (Å²) >= 11 is 0. The summed E-state index contributed by atoms with van der Waals surface area (Å²) in [6.45, 7) is 6.89. The van der Waals surface area contributed by atoms with E-state index in [0.717, 1.165) is 19.5 Å². The molecule has 2 aliphatic carbocycles. The van der Waals surface area contributed by atoms with E-state index in [0.29, 0.717) is 11.8 Å². The highest BCUT2D eigenvalue weighted by Crippen LogP contribution is 2.52. The van der Waals surface area contributed by atoms with Crippen molar-refractivity contribution in [3.8, 4) is 0 Å². The maximum atomic E-state index is 2.57. The summed E-state index contributed by atoms with van der Waals surface area (Å²) in [7, 11) is 0. The first-order valence-corrected chi connectivity index (χ1v) is 15.5. The molecule has 2 heteroatoms. The molecular formula is C39H38N2. The Morgan fingerprint density at radius 2 is 0.976 bits per heavy atom. The van der Waals surface area contributed by atoms with Gasteiger partial charge in [0.1, 0.15) is 0 Å². The SMILES string of the molecule is CC1=Cc2c(cccc2N2CCCc3ccccc32)C1CC1C(C)=Cc2c1cccc2N1CCCc2ccccc21. The van der Waals surface area contributed by atoms with Gasteiger partial charge in [0, 0.05) is 58.8 Å². The van der Waals surface area contributed by atoms with Crippen LogP contribution >= 0.6 is 0 Å². The van der Waals surface area contributed by atoms with E-state index in [9.17, 15) is 0 Å². The van der Waals surface area contributed by atoms with Crippen molar-refractivity contribution in [2.24, 2.45) is 0 Å². The van der Waals surface area contributed by atoms with Gasteiger partial charge in [0.2, 0.25) is 0 Å². The number of para-hydroxylation sites is 2. The number of benzene rings is 4. The standard InChI is InChI=1S/C39H38N2/c1-26-23-34-30(15-7-19-38(34)40-21-9-13-28-11-3-5-17-36(28)40)32(26)25-33-27(2)24-35-31(33)16-8-20-39(35)41-22-10-14-29-12-4-6-18-37(29)41/h3-8,11-12,15-20,23-24,32-33H,9-10,13-14,21-22,25H2,1-2H3. The zero-order valence-corrected chi connectivity index (χ0v) is 24.2. The molecule has 0 spiro atoms. The third-order valence-electron chi connectivity index (χ3n) is 10.1. The summed E-state index contributed by atoms with van der Waals surface area (Å²) in [4.78, 5) is 5.14. The fourth-order valence-electron chi connectivity index (χ4n) is 8.11. The highest BCUT2D eigenvalue weighted by molar-refractivity contribution is 5.84. The third-order valence-corrected chi connectivity index (χ3v) is 10.1. The van der Waals surface area contributed by atoms with Gasteiger partial charge in [-0.25, -0.2) is 0 Å². The second-order valence-corrected chi connectivity index (χ2v) is 12.4. The highest BCUT2D eigenvalue weighted by Gasteiger charge is 2.34. The molecule has 0 amide bonds. The first-order chi connectivity index (χ1) is 20.2. The summed E-state index contributed by atoms with van der Waals surface area (Å²) in [5.74, 6) is 0.896. The van der Waals surface area contributed by atoms with Crippen molar-refractivity contribution in [1.29, 1.82) is 0 Å². The summed E-state index contributed by atoms with van der Waals surface area (Å²) in [6, 6.07) is 32.0. The van der Waals surface area contributed by atoms with Gasteiger partial charge in [-0.2, -0.15) is 0 Å². The summed E-state index contributed by atoms with van der Waals surface area (Å²) in [6.07, 6.45) is 10.9. The Labute approximate surface area is 244 Å².